The first-order valence-corrected chi connectivity index (χ1v) is 7.90. The number of aryl methyl sites for hydroxylation is 2. The van der Waals surface area contributed by atoms with E-state index in [9.17, 15) is 9.90 Å². The second-order valence-electron chi connectivity index (χ2n) is 5.93. The van der Waals surface area contributed by atoms with E-state index in [-0.39, 0.29) is 5.56 Å². The second kappa shape index (κ2) is 5.70. The number of rotatable bonds is 3. The fraction of sp³-hybridized carbons (Fsp3) is 0.222. The molecule has 1 N–H and O–H groups in total. The molecule has 0 fully saturated rings. The van der Waals surface area contributed by atoms with E-state index in [1.807, 2.05) is 12.1 Å². The zero-order chi connectivity index (χ0) is 17.6. The summed E-state index contributed by atoms with van der Waals surface area (Å²) in [5, 5.41) is 13.3. The minimum atomic E-state index is -1.02. The highest BCUT2D eigenvalue weighted by Gasteiger charge is 2.21. The molecule has 1 aliphatic carbocycles. The third kappa shape index (κ3) is 2.44. The molecule has 0 atom stereocenters. The number of aromatic nitrogens is 4. The Bertz CT molecular complexity index is 994. The van der Waals surface area contributed by atoms with Crippen LogP contribution in [0.2, 0.25) is 0 Å². The van der Waals surface area contributed by atoms with Gasteiger partial charge >= 0.3 is 5.97 Å². The first kappa shape index (κ1) is 15.3. The summed E-state index contributed by atoms with van der Waals surface area (Å²) in [5.74, 6) is 0.117. The largest absolute Gasteiger partial charge is 0.497 e. The van der Waals surface area contributed by atoms with Gasteiger partial charge in [-0.2, -0.15) is 5.10 Å². The molecule has 1 aliphatic rings. The van der Waals surface area contributed by atoms with Crippen LogP contribution in [-0.4, -0.2) is 37.9 Å². The van der Waals surface area contributed by atoms with Crippen molar-refractivity contribution in [1.82, 2.24) is 19.7 Å². The molecular formula is C18H16N4O3. The van der Waals surface area contributed by atoms with Crippen LogP contribution < -0.4 is 4.74 Å². The van der Waals surface area contributed by atoms with Gasteiger partial charge in [0, 0.05) is 11.8 Å². The highest BCUT2D eigenvalue weighted by molar-refractivity contribution is 5.88. The van der Waals surface area contributed by atoms with Crippen LogP contribution in [0.3, 0.4) is 0 Å². The van der Waals surface area contributed by atoms with Crippen LogP contribution >= 0.6 is 0 Å². The Hall–Kier alpha value is -3.22. The van der Waals surface area contributed by atoms with E-state index in [1.54, 1.807) is 20.2 Å². The van der Waals surface area contributed by atoms with Crippen LogP contribution in [0.5, 0.6) is 5.75 Å². The summed E-state index contributed by atoms with van der Waals surface area (Å²) in [6, 6.07) is 5.98. The quantitative estimate of drug-likeness (QED) is 0.790. The number of carboxylic acid groups (broad SMARTS) is 1. The maximum absolute atomic E-state index is 11.2. The maximum Gasteiger partial charge on any atom is 0.339 e. The van der Waals surface area contributed by atoms with Crippen molar-refractivity contribution in [3.63, 3.8) is 0 Å². The molecule has 4 rings (SSSR count). The molecule has 0 spiro atoms. The van der Waals surface area contributed by atoms with Crippen molar-refractivity contribution in [2.75, 3.05) is 7.11 Å². The van der Waals surface area contributed by atoms with Crippen molar-refractivity contribution in [2.24, 2.45) is 0 Å². The van der Waals surface area contributed by atoms with Crippen molar-refractivity contribution in [1.29, 1.82) is 0 Å². The van der Waals surface area contributed by atoms with E-state index in [1.165, 1.54) is 16.4 Å². The number of hydrogen-bond donors (Lipinski definition) is 1. The lowest BCUT2D eigenvalue weighted by molar-refractivity contribution is 0.0696. The zero-order valence-corrected chi connectivity index (χ0v) is 13.9. The Morgan fingerprint density at radius 1 is 1.24 bits per heavy atom. The summed E-state index contributed by atoms with van der Waals surface area (Å²) in [7, 11) is 1.64. The molecule has 0 bridgehead atoms. The van der Waals surface area contributed by atoms with E-state index in [4.69, 9.17) is 4.74 Å². The number of hydrogen-bond acceptors (Lipinski definition) is 5. The number of carbonyl (C=O) groups is 1. The average Bonchev–Trinajstić information content (AvgIpc) is 3.02. The van der Waals surface area contributed by atoms with Gasteiger partial charge in [0.15, 0.2) is 0 Å². The van der Waals surface area contributed by atoms with Crippen LogP contribution in [0, 0.1) is 6.92 Å². The molecule has 0 radical (unpaired) electrons. The molecule has 2 heterocycles. The summed E-state index contributed by atoms with van der Waals surface area (Å²) in [5.41, 5.74) is 4.77. The molecule has 126 valence electrons. The molecule has 7 nitrogen and oxygen atoms in total. The fourth-order valence-electron chi connectivity index (χ4n) is 3.13. The molecule has 25 heavy (non-hydrogen) atoms. The monoisotopic (exact) mass is 336 g/mol. The van der Waals surface area contributed by atoms with Gasteiger partial charge in [-0.25, -0.2) is 19.4 Å². The number of methoxy groups -OCH3 is 1. The Morgan fingerprint density at radius 2 is 2.04 bits per heavy atom. The summed E-state index contributed by atoms with van der Waals surface area (Å²) in [4.78, 5) is 20.3. The minimum Gasteiger partial charge on any atom is -0.497 e. The topological polar surface area (TPSA) is 90.1 Å². The van der Waals surface area contributed by atoms with E-state index >= 15 is 0 Å². The second-order valence-corrected chi connectivity index (χ2v) is 5.93. The van der Waals surface area contributed by atoms with Gasteiger partial charge in [-0.15, -0.1) is 0 Å². The summed E-state index contributed by atoms with van der Waals surface area (Å²) in [6.07, 6.45) is 4.91. The molecule has 1 aromatic carbocycles. The molecule has 0 saturated carbocycles. The van der Waals surface area contributed by atoms with Gasteiger partial charge in [0.25, 0.3) is 5.95 Å². The normalized spacial score (nSPS) is 12.4. The number of carboxylic acids is 1. The number of ether oxygens (including phenoxy) is 1. The van der Waals surface area contributed by atoms with E-state index in [2.05, 4.69) is 21.1 Å². The number of benzene rings is 1. The van der Waals surface area contributed by atoms with Crippen molar-refractivity contribution >= 4 is 5.97 Å². The molecular weight excluding hydrogens is 320 g/mol. The summed E-state index contributed by atoms with van der Waals surface area (Å²) >= 11 is 0. The lowest BCUT2D eigenvalue weighted by Gasteiger charge is -2.19. The van der Waals surface area contributed by atoms with Crippen molar-refractivity contribution in [2.45, 2.75) is 19.8 Å². The van der Waals surface area contributed by atoms with Gasteiger partial charge in [0.2, 0.25) is 0 Å². The highest BCUT2D eigenvalue weighted by Crippen LogP contribution is 2.34. The predicted molar refractivity (Wildman–Crippen MR) is 90.2 cm³/mol. The number of nitrogens with zero attached hydrogens (tertiary/aromatic N) is 4. The third-order valence-electron chi connectivity index (χ3n) is 4.52. The lowest BCUT2D eigenvalue weighted by Crippen LogP contribution is -2.12. The number of aromatic carboxylic acids is 1. The zero-order valence-electron chi connectivity index (χ0n) is 13.9. The van der Waals surface area contributed by atoms with Crippen LogP contribution in [-0.2, 0) is 12.8 Å². The maximum atomic E-state index is 11.2. The summed E-state index contributed by atoms with van der Waals surface area (Å²) in [6.45, 7) is 1.69. The Balaban J connectivity index is 1.86. The highest BCUT2D eigenvalue weighted by atomic mass is 16.5. The molecule has 0 saturated heterocycles. The van der Waals surface area contributed by atoms with Crippen LogP contribution in [0.4, 0.5) is 0 Å². The van der Waals surface area contributed by atoms with E-state index in [0.29, 0.717) is 11.6 Å². The van der Waals surface area contributed by atoms with Crippen molar-refractivity contribution < 1.29 is 14.6 Å². The molecule has 2 aromatic heterocycles. The average molecular weight is 336 g/mol. The predicted octanol–water partition coefficient (Wildman–Crippen LogP) is 2.44. The Labute approximate surface area is 143 Å². The standard InChI is InChI=1S/C18H16N4O3/c1-10-15(17(23)24)9-20-22(10)18-19-8-12-4-3-11-5-6-13(25-2)7-14(11)16(12)21-18/h5-9H,3-4H2,1-2H3,(H,23,24). The third-order valence-corrected chi connectivity index (χ3v) is 4.52. The molecule has 3 aromatic rings. The van der Waals surface area contributed by atoms with E-state index < -0.39 is 5.97 Å². The van der Waals surface area contributed by atoms with Gasteiger partial charge in [-0.1, -0.05) is 6.07 Å². The number of fused-ring (bicyclic) bond motifs is 3. The minimum absolute atomic E-state index is 0.142. The SMILES string of the molecule is COc1ccc2c(c1)-c1nc(-n3ncc(C(=O)O)c3C)ncc1CC2. The Morgan fingerprint density at radius 3 is 2.76 bits per heavy atom. The van der Waals surface area contributed by atoms with Gasteiger partial charge in [-0.3, -0.25) is 0 Å². The van der Waals surface area contributed by atoms with Gasteiger partial charge in [0.05, 0.1) is 24.7 Å². The van der Waals surface area contributed by atoms with E-state index in [0.717, 1.165) is 35.4 Å². The lowest BCUT2D eigenvalue weighted by atomic mass is 9.90. The molecule has 0 amide bonds. The first-order chi connectivity index (χ1) is 12.1. The van der Waals surface area contributed by atoms with Gasteiger partial charge in [0.1, 0.15) is 11.3 Å². The fourth-order valence-corrected chi connectivity index (χ4v) is 3.13. The first-order valence-electron chi connectivity index (χ1n) is 7.90. The van der Waals surface area contributed by atoms with Crippen LogP contribution in [0.1, 0.15) is 27.2 Å². The molecule has 0 unspecified atom stereocenters. The van der Waals surface area contributed by atoms with Crippen molar-refractivity contribution in [3.8, 4) is 23.0 Å². The van der Waals surface area contributed by atoms with Gasteiger partial charge in [-0.05, 0) is 43.0 Å². The van der Waals surface area contributed by atoms with Crippen LogP contribution in [0.15, 0.2) is 30.6 Å². The molecule has 0 aliphatic heterocycles. The molecule has 7 heteroatoms. The van der Waals surface area contributed by atoms with Crippen molar-refractivity contribution in [3.05, 3.63) is 53.0 Å². The Kier molecular flexibility index (Phi) is 3.49. The summed E-state index contributed by atoms with van der Waals surface area (Å²) < 4.78 is 6.79. The van der Waals surface area contributed by atoms with Gasteiger partial charge < -0.3 is 9.84 Å². The smallest absolute Gasteiger partial charge is 0.339 e. The van der Waals surface area contributed by atoms with Crippen LogP contribution in [0.25, 0.3) is 17.2 Å².